The van der Waals surface area contributed by atoms with Crippen LogP contribution in [-0.2, 0) is 9.47 Å². The second kappa shape index (κ2) is 4.32. The molecule has 1 atom stereocenters. The first-order valence-electron chi connectivity index (χ1n) is 5.45. The van der Waals surface area contributed by atoms with Crippen LogP contribution in [0.3, 0.4) is 0 Å². The number of hydrogen-bond donors (Lipinski definition) is 1. The van der Waals surface area contributed by atoms with Crippen molar-refractivity contribution in [2.24, 2.45) is 0 Å². The maximum atomic E-state index is 10.4. The maximum absolute atomic E-state index is 10.4. The van der Waals surface area contributed by atoms with Gasteiger partial charge in [-0.1, -0.05) is 0 Å². The van der Waals surface area contributed by atoms with Crippen molar-refractivity contribution in [2.75, 3.05) is 19.8 Å². The van der Waals surface area contributed by atoms with Crippen molar-refractivity contribution in [3.63, 3.8) is 0 Å². The lowest BCUT2D eigenvalue weighted by molar-refractivity contribution is -0.0104. The molecule has 3 nitrogen and oxygen atoms in total. The summed E-state index contributed by atoms with van der Waals surface area (Å²) in [5, 5.41) is 10.4. The summed E-state index contributed by atoms with van der Waals surface area (Å²) in [6.45, 7) is 2.14. The van der Waals surface area contributed by atoms with Gasteiger partial charge in [0.2, 0.25) is 0 Å². The van der Waals surface area contributed by atoms with E-state index in [1.165, 1.54) is 0 Å². The number of rotatable bonds is 1. The van der Waals surface area contributed by atoms with Gasteiger partial charge in [0, 0.05) is 19.6 Å². The van der Waals surface area contributed by atoms with E-state index in [4.69, 9.17) is 9.47 Å². The molecule has 80 valence electrons. The highest BCUT2D eigenvalue weighted by Gasteiger charge is 2.34. The van der Waals surface area contributed by atoms with Gasteiger partial charge in [0.25, 0.3) is 0 Å². The van der Waals surface area contributed by atoms with E-state index in [0.717, 1.165) is 44.7 Å². The highest BCUT2D eigenvalue weighted by Crippen LogP contribution is 2.31. The van der Waals surface area contributed by atoms with Gasteiger partial charge < -0.3 is 14.6 Å². The standard InChI is InChI=1S/C11H18O3/c12-11(5-3-7-13-9-6-11)10-4-1-2-8-14-10/h4,12H,1-3,5-9H2. The van der Waals surface area contributed by atoms with Crippen molar-refractivity contribution < 1.29 is 14.6 Å². The van der Waals surface area contributed by atoms with Crippen LogP contribution in [0.1, 0.15) is 32.1 Å². The topological polar surface area (TPSA) is 38.7 Å². The number of allylic oxidation sites excluding steroid dienone is 1. The summed E-state index contributed by atoms with van der Waals surface area (Å²) < 4.78 is 10.9. The summed E-state index contributed by atoms with van der Waals surface area (Å²) in [5.41, 5.74) is -0.753. The normalized spacial score (nSPS) is 34.2. The van der Waals surface area contributed by atoms with Crippen LogP contribution in [0.2, 0.25) is 0 Å². The van der Waals surface area contributed by atoms with Gasteiger partial charge in [-0.2, -0.15) is 0 Å². The van der Waals surface area contributed by atoms with Crippen molar-refractivity contribution in [1.82, 2.24) is 0 Å². The van der Waals surface area contributed by atoms with Crippen molar-refractivity contribution >= 4 is 0 Å². The first kappa shape index (κ1) is 9.99. The molecule has 0 aromatic heterocycles. The second-order valence-corrected chi connectivity index (χ2v) is 4.06. The van der Waals surface area contributed by atoms with Crippen LogP contribution < -0.4 is 0 Å². The van der Waals surface area contributed by atoms with Gasteiger partial charge in [0.15, 0.2) is 0 Å². The molecule has 1 fully saturated rings. The van der Waals surface area contributed by atoms with Gasteiger partial charge in [-0.05, 0) is 31.8 Å². The first-order valence-corrected chi connectivity index (χ1v) is 5.45. The van der Waals surface area contributed by atoms with Crippen molar-refractivity contribution in [1.29, 1.82) is 0 Å². The van der Waals surface area contributed by atoms with E-state index in [9.17, 15) is 5.11 Å². The van der Waals surface area contributed by atoms with E-state index in [-0.39, 0.29) is 0 Å². The molecule has 1 unspecified atom stereocenters. The molecule has 2 rings (SSSR count). The summed E-state index contributed by atoms with van der Waals surface area (Å²) in [7, 11) is 0. The lowest BCUT2D eigenvalue weighted by atomic mass is 9.91. The third kappa shape index (κ3) is 2.10. The van der Waals surface area contributed by atoms with Crippen molar-refractivity contribution in [3.8, 4) is 0 Å². The highest BCUT2D eigenvalue weighted by molar-refractivity contribution is 5.12. The van der Waals surface area contributed by atoms with Gasteiger partial charge in [-0.3, -0.25) is 0 Å². The Bertz CT molecular complexity index is 215. The van der Waals surface area contributed by atoms with Crippen molar-refractivity contribution in [2.45, 2.75) is 37.7 Å². The molecule has 0 aromatic carbocycles. The van der Waals surface area contributed by atoms with E-state index in [0.29, 0.717) is 13.0 Å². The third-order valence-corrected chi connectivity index (χ3v) is 2.93. The average molecular weight is 198 g/mol. The Kier molecular flexibility index (Phi) is 3.08. The Hall–Kier alpha value is -0.540. The van der Waals surface area contributed by atoms with Crippen LogP contribution in [0.4, 0.5) is 0 Å². The molecule has 0 aliphatic carbocycles. The molecule has 0 spiro atoms. The molecule has 14 heavy (non-hydrogen) atoms. The summed E-state index contributed by atoms with van der Waals surface area (Å²) in [4.78, 5) is 0. The number of ether oxygens (including phenoxy) is 2. The average Bonchev–Trinajstić information content (AvgIpc) is 2.46. The zero-order chi connectivity index (χ0) is 9.86. The van der Waals surface area contributed by atoms with Gasteiger partial charge in [0.05, 0.1) is 6.61 Å². The molecule has 1 saturated heterocycles. The molecule has 0 aromatic rings. The number of hydrogen-bond acceptors (Lipinski definition) is 3. The molecule has 3 heteroatoms. The van der Waals surface area contributed by atoms with E-state index >= 15 is 0 Å². The zero-order valence-electron chi connectivity index (χ0n) is 8.50. The Balaban J connectivity index is 2.07. The minimum atomic E-state index is -0.753. The van der Waals surface area contributed by atoms with E-state index in [1.54, 1.807) is 0 Å². The van der Waals surface area contributed by atoms with Gasteiger partial charge in [-0.25, -0.2) is 0 Å². The number of aliphatic hydroxyl groups is 1. The Morgan fingerprint density at radius 1 is 1.14 bits per heavy atom. The molecule has 0 amide bonds. The SMILES string of the molecule is OC1(C2=CCCCO2)CCCOCC1. The van der Waals surface area contributed by atoms with Crippen LogP contribution in [0.5, 0.6) is 0 Å². The Morgan fingerprint density at radius 3 is 2.86 bits per heavy atom. The molecular weight excluding hydrogens is 180 g/mol. The minimum absolute atomic E-state index is 0.636. The lowest BCUT2D eigenvalue weighted by Gasteiger charge is -2.30. The first-order chi connectivity index (χ1) is 6.81. The molecule has 1 N–H and O–H groups in total. The van der Waals surface area contributed by atoms with Gasteiger partial charge >= 0.3 is 0 Å². The predicted octanol–water partition coefficient (Wildman–Crippen LogP) is 1.61. The van der Waals surface area contributed by atoms with Gasteiger partial charge in [0.1, 0.15) is 11.4 Å². The third-order valence-electron chi connectivity index (χ3n) is 2.93. The summed E-state index contributed by atoms with van der Waals surface area (Å²) in [6, 6.07) is 0. The summed E-state index contributed by atoms with van der Waals surface area (Å²) in [6.07, 6.45) is 6.47. The van der Waals surface area contributed by atoms with E-state index < -0.39 is 5.60 Å². The largest absolute Gasteiger partial charge is 0.495 e. The van der Waals surface area contributed by atoms with Crippen LogP contribution in [0.15, 0.2) is 11.8 Å². The molecule has 2 aliphatic rings. The summed E-state index contributed by atoms with van der Waals surface area (Å²) >= 11 is 0. The van der Waals surface area contributed by atoms with Crippen LogP contribution in [-0.4, -0.2) is 30.5 Å². The quantitative estimate of drug-likeness (QED) is 0.695. The molecular formula is C11H18O3. The van der Waals surface area contributed by atoms with Crippen LogP contribution >= 0.6 is 0 Å². The summed E-state index contributed by atoms with van der Waals surface area (Å²) in [5.74, 6) is 0.786. The van der Waals surface area contributed by atoms with Crippen molar-refractivity contribution in [3.05, 3.63) is 11.8 Å². The van der Waals surface area contributed by atoms with Crippen LogP contribution in [0.25, 0.3) is 0 Å². The fourth-order valence-corrected chi connectivity index (χ4v) is 2.06. The minimum Gasteiger partial charge on any atom is -0.495 e. The fourth-order valence-electron chi connectivity index (χ4n) is 2.06. The monoisotopic (exact) mass is 198 g/mol. The molecule has 2 heterocycles. The smallest absolute Gasteiger partial charge is 0.124 e. The van der Waals surface area contributed by atoms with E-state index in [2.05, 4.69) is 0 Å². The molecule has 2 aliphatic heterocycles. The second-order valence-electron chi connectivity index (χ2n) is 4.06. The Morgan fingerprint density at radius 2 is 2.07 bits per heavy atom. The van der Waals surface area contributed by atoms with E-state index in [1.807, 2.05) is 6.08 Å². The Labute approximate surface area is 84.7 Å². The van der Waals surface area contributed by atoms with Crippen LogP contribution in [0, 0.1) is 0 Å². The maximum Gasteiger partial charge on any atom is 0.124 e. The lowest BCUT2D eigenvalue weighted by Crippen LogP contribution is -2.34. The molecule has 0 radical (unpaired) electrons. The van der Waals surface area contributed by atoms with Gasteiger partial charge in [-0.15, -0.1) is 0 Å². The fraction of sp³-hybridized carbons (Fsp3) is 0.818. The zero-order valence-corrected chi connectivity index (χ0v) is 8.50. The molecule has 0 bridgehead atoms. The molecule has 0 saturated carbocycles. The highest BCUT2D eigenvalue weighted by atomic mass is 16.5. The predicted molar refractivity (Wildman–Crippen MR) is 52.9 cm³/mol.